The fourth-order valence-corrected chi connectivity index (χ4v) is 0.556. The van der Waals surface area contributed by atoms with E-state index in [9.17, 15) is 4.79 Å². The predicted molar refractivity (Wildman–Crippen MR) is 40.9 cm³/mol. The first kappa shape index (κ1) is 9.09. The topological polar surface area (TPSA) is 143 Å². The van der Waals surface area contributed by atoms with Gasteiger partial charge in [-0.2, -0.15) is 20.0 Å². The SMILES string of the molecule is NNC(=O)N(N)c1ncnc(O)n1. The fraction of sp³-hybridized carbons (Fsp3) is 0. The van der Waals surface area contributed by atoms with Crippen LogP contribution in [-0.2, 0) is 0 Å². The number of anilines is 1. The number of hydrogen-bond donors (Lipinski definition) is 4. The van der Waals surface area contributed by atoms with Crippen molar-refractivity contribution in [3.63, 3.8) is 0 Å². The van der Waals surface area contributed by atoms with Gasteiger partial charge >= 0.3 is 12.0 Å². The Hall–Kier alpha value is -2.00. The summed E-state index contributed by atoms with van der Waals surface area (Å²) in [5.74, 6) is 9.78. The first-order valence-electron chi connectivity index (χ1n) is 3.08. The van der Waals surface area contributed by atoms with Crippen LogP contribution in [0.15, 0.2) is 6.33 Å². The van der Waals surface area contributed by atoms with Gasteiger partial charge in [0.1, 0.15) is 6.33 Å². The highest BCUT2D eigenvalue weighted by molar-refractivity contribution is 5.88. The van der Waals surface area contributed by atoms with E-state index in [2.05, 4.69) is 15.0 Å². The summed E-state index contributed by atoms with van der Waals surface area (Å²) in [4.78, 5) is 21.0. The van der Waals surface area contributed by atoms with Crippen LogP contribution in [0.4, 0.5) is 10.7 Å². The van der Waals surface area contributed by atoms with E-state index in [1.807, 2.05) is 0 Å². The van der Waals surface area contributed by atoms with E-state index in [4.69, 9.17) is 16.8 Å². The molecule has 70 valence electrons. The molecule has 0 unspecified atom stereocenters. The number of nitrogens with one attached hydrogen (secondary N) is 1. The molecule has 0 saturated carbocycles. The summed E-state index contributed by atoms with van der Waals surface area (Å²) in [5, 5.41) is 9.34. The summed E-state index contributed by atoms with van der Waals surface area (Å²) in [7, 11) is 0. The lowest BCUT2D eigenvalue weighted by Gasteiger charge is -2.12. The van der Waals surface area contributed by atoms with Gasteiger partial charge in [-0.15, -0.1) is 0 Å². The first-order valence-corrected chi connectivity index (χ1v) is 3.08. The third-order valence-corrected chi connectivity index (χ3v) is 1.10. The second-order valence-corrected chi connectivity index (χ2v) is 1.90. The van der Waals surface area contributed by atoms with Gasteiger partial charge in [0, 0.05) is 0 Å². The zero-order chi connectivity index (χ0) is 9.84. The summed E-state index contributed by atoms with van der Waals surface area (Å²) in [5.41, 5.74) is 1.76. The third kappa shape index (κ3) is 1.98. The predicted octanol–water partition coefficient (Wildman–Crippen LogP) is -2.16. The maximum atomic E-state index is 10.8. The minimum Gasteiger partial charge on any atom is -0.479 e. The largest absolute Gasteiger partial charge is 0.479 e. The van der Waals surface area contributed by atoms with E-state index in [1.54, 1.807) is 5.43 Å². The number of carbonyl (C=O) groups is 1. The van der Waals surface area contributed by atoms with Crippen molar-refractivity contribution >= 4 is 12.0 Å². The average Bonchev–Trinajstić information content (AvgIpc) is 2.15. The molecule has 0 saturated heterocycles. The van der Waals surface area contributed by atoms with Crippen molar-refractivity contribution in [2.75, 3.05) is 5.01 Å². The van der Waals surface area contributed by atoms with Gasteiger partial charge in [-0.1, -0.05) is 0 Å². The zero-order valence-electron chi connectivity index (χ0n) is 6.38. The smallest absolute Gasteiger partial charge is 0.353 e. The maximum Gasteiger partial charge on any atom is 0.353 e. The minimum absolute atomic E-state index is 0.213. The van der Waals surface area contributed by atoms with Crippen LogP contribution in [0.5, 0.6) is 6.01 Å². The van der Waals surface area contributed by atoms with Gasteiger partial charge in [-0.25, -0.2) is 16.5 Å². The number of hydrogen-bond acceptors (Lipinski definition) is 7. The Morgan fingerprint density at radius 1 is 1.62 bits per heavy atom. The van der Waals surface area contributed by atoms with Gasteiger partial charge in [-0.3, -0.25) is 5.43 Å². The van der Waals surface area contributed by atoms with Gasteiger partial charge in [0.2, 0.25) is 0 Å². The van der Waals surface area contributed by atoms with Crippen molar-refractivity contribution in [1.29, 1.82) is 0 Å². The Labute approximate surface area is 72.3 Å². The van der Waals surface area contributed by atoms with Crippen LogP contribution in [0, 0.1) is 0 Å². The highest BCUT2D eigenvalue weighted by Crippen LogP contribution is 2.04. The van der Waals surface area contributed by atoms with Crippen molar-refractivity contribution in [2.45, 2.75) is 0 Å². The number of rotatable bonds is 1. The van der Waals surface area contributed by atoms with E-state index in [0.29, 0.717) is 5.01 Å². The molecule has 0 spiro atoms. The Balaban J connectivity index is 2.88. The molecular formula is C4H7N7O2. The molecule has 9 nitrogen and oxygen atoms in total. The van der Waals surface area contributed by atoms with Gasteiger partial charge in [0.05, 0.1) is 0 Å². The van der Waals surface area contributed by atoms with Crippen LogP contribution >= 0.6 is 0 Å². The summed E-state index contributed by atoms with van der Waals surface area (Å²) in [6.07, 6.45) is 1.00. The van der Waals surface area contributed by atoms with Crippen LogP contribution in [0.25, 0.3) is 0 Å². The molecule has 6 N–H and O–H groups in total. The molecule has 1 heterocycles. The van der Waals surface area contributed by atoms with Crippen LogP contribution in [0.3, 0.4) is 0 Å². The minimum atomic E-state index is -0.814. The van der Waals surface area contributed by atoms with E-state index >= 15 is 0 Å². The van der Waals surface area contributed by atoms with E-state index in [0.717, 1.165) is 6.33 Å². The molecule has 1 rings (SSSR count). The Morgan fingerprint density at radius 2 is 2.31 bits per heavy atom. The number of urea groups is 1. The molecule has 0 atom stereocenters. The number of hydrazine groups is 2. The normalized spacial score (nSPS) is 9.38. The van der Waals surface area contributed by atoms with E-state index in [1.165, 1.54) is 0 Å². The molecule has 2 amide bonds. The standard InChI is InChI=1S/C4H7N7O2/c5-10-4(13)11(6)2-7-1-8-3(12)9-2/h1H,5-6H2,(H,10,13)(H,7,8,9,12). The average molecular weight is 185 g/mol. The molecule has 0 aliphatic carbocycles. The van der Waals surface area contributed by atoms with Gasteiger partial charge < -0.3 is 5.11 Å². The molecule has 0 radical (unpaired) electrons. The van der Waals surface area contributed by atoms with Crippen LogP contribution in [-0.4, -0.2) is 26.1 Å². The first-order chi connectivity index (χ1) is 6.15. The maximum absolute atomic E-state index is 10.8. The molecule has 0 aromatic carbocycles. The summed E-state index contributed by atoms with van der Waals surface area (Å²) in [6.45, 7) is 0. The number of aromatic nitrogens is 3. The third-order valence-electron chi connectivity index (χ3n) is 1.10. The zero-order valence-corrected chi connectivity index (χ0v) is 6.38. The van der Waals surface area contributed by atoms with Crippen LogP contribution in [0.2, 0.25) is 0 Å². The van der Waals surface area contributed by atoms with E-state index in [-0.39, 0.29) is 5.95 Å². The van der Waals surface area contributed by atoms with Crippen molar-refractivity contribution in [2.24, 2.45) is 11.7 Å². The highest BCUT2D eigenvalue weighted by atomic mass is 16.3. The molecule has 9 heteroatoms. The molecule has 0 aliphatic rings. The molecule has 0 fully saturated rings. The van der Waals surface area contributed by atoms with Crippen molar-refractivity contribution in [3.05, 3.63) is 6.33 Å². The van der Waals surface area contributed by atoms with Crippen LogP contribution < -0.4 is 22.1 Å². The molecular weight excluding hydrogens is 178 g/mol. The molecule has 0 aliphatic heterocycles. The Kier molecular flexibility index (Phi) is 2.52. The second kappa shape index (κ2) is 3.60. The fourth-order valence-electron chi connectivity index (χ4n) is 0.556. The van der Waals surface area contributed by atoms with Crippen molar-refractivity contribution in [1.82, 2.24) is 20.4 Å². The number of nitrogens with zero attached hydrogens (tertiary/aromatic N) is 4. The molecule has 0 bridgehead atoms. The summed E-state index contributed by atoms with van der Waals surface area (Å²) in [6, 6.07) is -1.35. The monoisotopic (exact) mass is 185 g/mol. The highest BCUT2D eigenvalue weighted by Gasteiger charge is 2.13. The van der Waals surface area contributed by atoms with Crippen LogP contribution in [0.1, 0.15) is 0 Å². The second-order valence-electron chi connectivity index (χ2n) is 1.90. The molecule has 13 heavy (non-hydrogen) atoms. The summed E-state index contributed by atoms with van der Waals surface area (Å²) < 4.78 is 0. The lowest BCUT2D eigenvalue weighted by molar-refractivity contribution is 0.246. The lowest BCUT2D eigenvalue weighted by Crippen LogP contribution is -2.48. The Morgan fingerprint density at radius 3 is 2.85 bits per heavy atom. The molecule has 1 aromatic rings. The summed E-state index contributed by atoms with van der Waals surface area (Å²) >= 11 is 0. The number of nitrogens with two attached hydrogens (primary N) is 2. The number of carbonyl (C=O) groups excluding carboxylic acids is 1. The quantitative estimate of drug-likeness (QED) is 0.221. The number of amides is 2. The lowest BCUT2D eigenvalue weighted by atomic mass is 10.8. The number of aromatic hydroxyl groups is 1. The molecule has 1 aromatic heterocycles. The van der Waals surface area contributed by atoms with Gasteiger partial charge in [-0.05, 0) is 0 Å². The van der Waals surface area contributed by atoms with E-state index < -0.39 is 12.0 Å². The Bertz CT molecular complexity index is 315. The van der Waals surface area contributed by atoms with Crippen molar-refractivity contribution in [3.8, 4) is 6.01 Å². The van der Waals surface area contributed by atoms with Gasteiger partial charge in [0.15, 0.2) is 0 Å². The van der Waals surface area contributed by atoms with Crippen molar-refractivity contribution < 1.29 is 9.90 Å². The van der Waals surface area contributed by atoms with Gasteiger partial charge in [0.25, 0.3) is 5.95 Å².